The third-order valence-electron chi connectivity index (χ3n) is 2.47. The Balaban J connectivity index is 2.27. The Morgan fingerprint density at radius 2 is 2.20 bits per heavy atom. The van der Waals surface area contributed by atoms with E-state index >= 15 is 0 Å². The summed E-state index contributed by atoms with van der Waals surface area (Å²) in [6.07, 6.45) is 0.370. The van der Waals surface area contributed by atoms with Gasteiger partial charge in [-0.3, -0.25) is 10.1 Å². The van der Waals surface area contributed by atoms with E-state index in [2.05, 4.69) is 5.10 Å². The maximum atomic E-state index is 10.9. The Morgan fingerprint density at radius 1 is 1.50 bits per heavy atom. The summed E-state index contributed by atoms with van der Waals surface area (Å²) in [6.45, 7) is 0. The molecule has 1 aromatic rings. The average molecular weight is 278 g/mol. The van der Waals surface area contributed by atoms with Crippen LogP contribution in [0.1, 0.15) is 11.7 Å². The van der Waals surface area contributed by atoms with Crippen LogP contribution in [0.15, 0.2) is 41.2 Å². The number of rotatable bonds is 3. The molecule has 0 aliphatic carbocycles. The van der Waals surface area contributed by atoms with Crippen molar-refractivity contribution in [3.8, 4) is 0 Å². The zero-order valence-electron chi connectivity index (χ0n) is 10.0. The second-order valence-electron chi connectivity index (χ2n) is 3.80. The van der Waals surface area contributed by atoms with Crippen molar-refractivity contribution in [2.24, 2.45) is 10.8 Å². The number of ether oxygens (including phenoxy) is 1. The van der Waals surface area contributed by atoms with Crippen molar-refractivity contribution >= 4 is 17.6 Å². The average Bonchev–Trinajstić information content (AvgIpc) is 2.77. The van der Waals surface area contributed by atoms with Gasteiger partial charge in [-0.1, -0.05) is 12.1 Å². The number of hydrogen-bond acceptors (Lipinski definition) is 6. The minimum absolute atomic E-state index is 0.148. The van der Waals surface area contributed by atoms with Crippen molar-refractivity contribution in [3.63, 3.8) is 0 Å². The largest absolute Gasteiger partial charge is 0.503 e. The monoisotopic (exact) mass is 278 g/mol. The second-order valence-corrected chi connectivity index (χ2v) is 3.80. The zero-order chi connectivity index (χ0) is 14.7. The summed E-state index contributed by atoms with van der Waals surface area (Å²) in [4.78, 5) is 20.9. The molecule has 0 bridgehead atoms. The topological polar surface area (TPSA) is 140 Å². The summed E-state index contributed by atoms with van der Waals surface area (Å²) < 4.78 is 5.23. The molecule has 1 unspecified atom stereocenters. The van der Waals surface area contributed by atoms with E-state index in [1.807, 2.05) is 5.43 Å². The number of hydrogen-bond donors (Lipinski definition) is 3. The highest BCUT2D eigenvalue weighted by molar-refractivity contribution is 5.94. The molecule has 20 heavy (non-hydrogen) atoms. The fourth-order valence-corrected chi connectivity index (χ4v) is 1.67. The number of aliphatic hydroxyl groups is 1. The van der Waals surface area contributed by atoms with Crippen LogP contribution in [-0.4, -0.2) is 22.0 Å². The molecule has 0 saturated heterocycles. The number of primary amides is 1. The van der Waals surface area contributed by atoms with E-state index in [0.717, 1.165) is 0 Å². The van der Waals surface area contributed by atoms with Crippen LogP contribution in [0.25, 0.3) is 0 Å². The fraction of sp³-hybridized carbons (Fsp3) is 0.0909. The molecule has 4 N–H and O–H groups in total. The lowest BCUT2D eigenvalue weighted by molar-refractivity contribution is -0.386. The van der Waals surface area contributed by atoms with Gasteiger partial charge in [-0.15, -0.1) is 5.10 Å². The lowest BCUT2D eigenvalue weighted by Gasteiger charge is -2.09. The highest BCUT2D eigenvalue weighted by atomic mass is 16.6. The molecule has 0 radical (unpaired) electrons. The van der Waals surface area contributed by atoms with Crippen LogP contribution < -0.4 is 11.2 Å². The predicted octanol–water partition coefficient (Wildman–Crippen LogP) is 1.09. The quantitative estimate of drug-likeness (QED) is 0.560. The first kappa shape index (κ1) is 13.3. The molecule has 1 heterocycles. The predicted molar refractivity (Wildman–Crippen MR) is 67.8 cm³/mol. The SMILES string of the molecule is NC(=O)N/N=C1/OC(c2ccccc2[N+](=O)[O-])C=C1O. The number of nitrogens with zero attached hydrogens (tertiary/aromatic N) is 2. The molecular weight excluding hydrogens is 268 g/mol. The number of nitrogens with two attached hydrogens (primary N) is 1. The first-order chi connectivity index (χ1) is 9.49. The normalized spacial score (nSPS) is 19.3. The number of nitro benzene ring substituents is 1. The number of benzene rings is 1. The Labute approximate surface area is 112 Å². The van der Waals surface area contributed by atoms with Crippen LogP contribution in [0.2, 0.25) is 0 Å². The maximum Gasteiger partial charge on any atom is 0.332 e. The van der Waals surface area contributed by atoms with Gasteiger partial charge in [0.05, 0.1) is 10.5 Å². The number of carbonyl (C=O) groups is 1. The van der Waals surface area contributed by atoms with Crippen molar-refractivity contribution in [2.45, 2.75) is 6.10 Å². The molecule has 0 saturated carbocycles. The summed E-state index contributed by atoms with van der Waals surface area (Å²) in [5.41, 5.74) is 6.83. The van der Waals surface area contributed by atoms with Crippen molar-refractivity contribution in [1.82, 2.24) is 5.43 Å². The number of nitrogens with one attached hydrogen (secondary N) is 1. The van der Waals surface area contributed by atoms with Gasteiger partial charge in [-0.2, -0.15) is 0 Å². The van der Waals surface area contributed by atoms with Crippen LogP contribution >= 0.6 is 0 Å². The Kier molecular flexibility index (Phi) is 3.51. The Bertz CT molecular complexity index is 625. The van der Waals surface area contributed by atoms with Gasteiger partial charge < -0.3 is 15.6 Å². The molecule has 0 fully saturated rings. The second kappa shape index (κ2) is 5.26. The minimum atomic E-state index is -0.928. The van der Waals surface area contributed by atoms with E-state index in [1.165, 1.54) is 24.3 Å². The molecule has 2 rings (SSSR count). The minimum Gasteiger partial charge on any atom is -0.503 e. The van der Waals surface area contributed by atoms with Crippen LogP contribution in [0.5, 0.6) is 0 Å². The molecular formula is C11H10N4O5. The number of carbonyl (C=O) groups excluding carboxylic acids is 1. The van der Waals surface area contributed by atoms with Gasteiger partial charge in [0.15, 0.2) is 11.9 Å². The number of nitro groups is 1. The fourth-order valence-electron chi connectivity index (χ4n) is 1.67. The van der Waals surface area contributed by atoms with E-state index in [9.17, 15) is 20.0 Å². The zero-order valence-corrected chi connectivity index (χ0v) is 10.0. The molecule has 2 amide bonds. The van der Waals surface area contributed by atoms with Crippen molar-refractivity contribution < 1.29 is 19.6 Å². The highest BCUT2D eigenvalue weighted by Crippen LogP contribution is 2.33. The van der Waals surface area contributed by atoms with Crippen molar-refractivity contribution in [3.05, 3.63) is 51.8 Å². The third kappa shape index (κ3) is 2.66. The number of aliphatic hydroxyl groups excluding tert-OH is 1. The van der Waals surface area contributed by atoms with Crippen LogP contribution in [0.3, 0.4) is 0 Å². The van der Waals surface area contributed by atoms with Gasteiger partial charge in [0.2, 0.25) is 0 Å². The Hall–Kier alpha value is -3.10. The molecule has 0 aromatic heterocycles. The summed E-state index contributed by atoms with van der Waals surface area (Å²) >= 11 is 0. The van der Waals surface area contributed by atoms with Gasteiger partial charge in [-0.05, 0) is 6.07 Å². The molecule has 1 atom stereocenters. The van der Waals surface area contributed by atoms with Gasteiger partial charge in [0, 0.05) is 12.1 Å². The number of para-hydroxylation sites is 1. The van der Waals surface area contributed by atoms with Crippen LogP contribution in [0, 0.1) is 10.1 Å². The summed E-state index contributed by atoms with van der Waals surface area (Å²) in [7, 11) is 0. The van der Waals surface area contributed by atoms with E-state index in [-0.39, 0.29) is 22.9 Å². The van der Waals surface area contributed by atoms with Gasteiger partial charge in [0.25, 0.3) is 11.6 Å². The van der Waals surface area contributed by atoms with Gasteiger partial charge in [0.1, 0.15) is 0 Å². The molecule has 1 aromatic carbocycles. The standard InChI is InChI=1S/C11H10N4O5/c12-11(17)14-13-10-8(16)5-9(20-10)6-3-1-2-4-7(6)15(18)19/h1-5,9,16H,(H3,12,14,17)/b13-10+. The number of urea groups is 1. The first-order valence-corrected chi connectivity index (χ1v) is 5.43. The lowest BCUT2D eigenvalue weighted by Crippen LogP contribution is -2.26. The van der Waals surface area contributed by atoms with E-state index in [0.29, 0.717) is 0 Å². The van der Waals surface area contributed by atoms with Crippen molar-refractivity contribution in [2.75, 3.05) is 0 Å². The first-order valence-electron chi connectivity index (χ1n) is 5.43. The highest BCUT2D eigenvalue weighted by Gasteiger charge is 2.30. The molecule has 9 heteroatoms. The van der Waals surface area contributed by atoms with Crippen molar-refractivity contribution in [1.29, 1.82) is 0 Å². The summed E-state index contributed by atoms with van der Waals surface area (Å²) in [5, 5.41) is 24.0. The summed E-state index contributed by atoms with van der Waals surface area (Å²) in [6, 6.07) is 5.01. The molecule has 0 spiro atoms. The van der Waals surface area contributed by atoms with E-state index in [4.69, 9.17) is 10.5 Å². The van der Waals surface area contributed by atoms with Gasteiger partial charge >= 0.3 is 6.03 Å². The van der Waals surface area contributed by atoms with Crippen LogP contribution in [0.4, 0.5) is 10.5 Å². The molecule has 1 aliphatic heterocycles. The summed E-state index contributed by atoms with van der Waals surface area (Å²) in [5.74, 6) is -0.617. The van der Waals surface area contributed by atoms with Gasteiger partial charge in [-0.25, -0.2) is 10.2 Å². The lowest BCUT2D eigenvalue weighted by atomic mass is 10.1. The van der Waals surface area contributed by atoms with Crippen LogP contribution in [-0.2, 0) is 4.74 Å². The third-order valence-corrected chi connectivity index (χ3v) is 2.47. The molecule has 9 nitrogen and oxygen atoms in total. The number of hydrazone groups is 1. The van der Waals surface area contributed by atoms with E-state index in [1.54, 1.807) is 6.07 Å². The maximum absolute atomic E-state index is 10.9. The smallest absolute Gasteiger partial charge is 0.332 e. The van der Waals surface area contributed by atoms with E-state index < -0.39 is 17.1 Å². The number of amides is 2. The Morgan fingerprint density at radius 3 is 2.85 bits per heavy atom. The molecule has 104 valence electrons. The molecule has 1 aliphatic rings.